The molecule has 1 atom stereocenters. The second-order valence-electron chi connectivity index (χ2n) is 8.63. The molecular weight excluding hydrogens is 406 g/mol. The number of aromatic nitrogens is 2. The maximum absolute atomic E-state index is 11.8. The summed E-state index contributed by atoms with van der Waals surface area (Å²) in [5.74, 6) is 0.525. The Kier molecular flexibility index (Phi) is 8.25. The van der Waals surface area contributed by atoms with Crippen LogP contribution in [0.2, 0.25) is 0 Å². The van der Waals surface area contributed by atoms with Crippen LogP contribution in [0.15, 0.2) is 29.3 Å². The number of aliphatic imine (C=N–C) groups is 1. The minimum atomic E-state index is -0.882. The van der Waals surface area contributed by atoms with E-state index in [-0.39, 0.29) is 12.0 Å². The van der Waals surface area contributed by atoms with E-state index >= 15 is 0 Å². The van der Waals surface area contributed by atoms with E-state index < -0.39 is 12.4 Å². The summed E-state index contributed by atoms with van der Waals surface area (Å²) in [4.78, 5) is 16.1. The van der Waals surface area contributed by atoms with Crippen molar-refractivity contribution in [3.63, 3.8) is 0 Å². The van der Waals surface area contributed by atoms with Crippen LogP contribution in [0.25, 0.3) is 11.3 Å². The monoisotopic (exact) mass is 441 g/mol. The molecule has 1 heterocycles. The lowest BCUT2D eigenvalue weighted by Crippen LogP contribution is -2.20. The van der Waals surface area contributed by atoms with Gasteiger partial charge in [-0.05, 0) is 37.3 Å². The molecule has 0 N–H and O–H groups in total. The molecule has 32 heavy (non-hydrogen) atoms. The Bertz CT molecular complexity index is 995. The van der Waals surface area contributed by atoms with Crippen LogP contribution in [-0.2, 0) is 26.7 Å². The Labute approximate surface area is 191 Å². The van der Waals surface area contributed by atoms with Gasteiger partial charge in [0.25, 0.3) is 0 Å². The Hall–Kier alpha value is -3.09. The molecule has 174 valence electrons. The van der Waals surface area contributed by atoms with Gasteiger partial charge in [-0.2, -0.15) is 5.10 Å². The van der Waals surface area contributed by atoms with E-state index in [4.69, 9.17) is 14.2 Å². The van der Waals surface area contributed by atoms with Gasteiger partial charge in [0.2, 0.25) is 6.29 Å². The molecule has 0 spiro atoms. The SMILES string of the molecule is CCOC(=O)OC(C)O/C(=C(/C=NC)c1ccc(C(C)(C)C)cc1)c1c(C)c(C)nn1C. The Morgan fingerprint density at radius 1 is 1.19 bits per heavy atom. The van der Waals surface area contributed by atoms with E-state index in [1.807, 2.05) is 20.9 Å². The van der Waals surface area contributed by atoms with Crippen molar-refractivity contribution in [2.24, 2.45) is 12.0 Å². The summed E-state index contributed by atoms with van der Waals surface area (Å²) in [6.45, 7) is 14.1. The summed E-state index contributed by atoms with van der Waals surface area (Å²) in [7, 11) is 3.57. The highest BCUT2D eigenvalue weighted by atomic mass is 16.8. The summed E-state index contributed by atoms with van der Waals surface area (Å²) in [5.41, 5.74) is 5.61. The van der Waals surface area contributed by atoms with Gasteiger partial charge in [-0.3, -0.25) is 9.67 Å². The lowest BCUT2D eigenvalue weighted by molar-refractivity contribution is -0.0660. The van der Waals surface area contributed by atoms with Crippen molar-refractivity contribution in [2.45, 2.75) is 60.2 Å². The van der Waals surface area contributed by atoms with Gasteiger partial charge >= 0.3 is 6.16 Å². The fourth-order valence-electron chi connectivity index (χ4n) is 3.35. The summed E-state index contributed by atoms with van der Waals surface area (Å²) in [5, 5.41) is 4.54. The molecule has 7 heteroatoms. The second-order valence-corrected chi connectivity index (χ2v) is 8.63. The third-order valence-electron chi connectivity index (χ3n) is 5.11. The molecule has 0 saturated carbocycles. The molecule has 0 bridgehead atoms. The molecule has 0 fully saturated rings. The molecule has 1 aromatic heterocycles. The van der Waals surface area contributed by atoms with Gasteiger partial charge in [-0.1, -0.05) is 45.0 Å². The number of carbonyl (C=O) groups is 1. The maximum Gasteiger partial charge on any atom is 0.511 e. The lowest BCUT2D eigenvalue weighted by atomic mass is 9.86. The summed E-state index contributed by atoms with van der Waals surface area (Å²) < 4.78 is 18.1. The number of benzene rings is 1. The number of allylic oxidation sites excluding steroid dienone is 1. The Balaban J connectivity index is 2.65. The van der Waals surface area contributed by atoms with E-state index in [0.717, 1.165) is 28.1 Å². The second kappa shape index (κ2) is 10.5. The van der Waals surface area contributed by atoms with Crippen LogP contribution in [0.1, 0.15) is 62.7 Å². The predicted molar refractivity (Wildman–Crippen MR) is 128 cm³/mol. The number of nitrogens with zero attached hydrogens (tertiary/aromatic N) is 3. The van der Waals surface area contributed by atoms with Crippen LogP contribution in [-0.4, -0.2) is 42.1 Å². The topological polar surface area (TPSA) is 74.9 Å². The van der Waals surface area contributed by atoms with E-state index in [2.05, 4.69) is 55.1 Å². The van der Waals surface area contributed by atoms with Crippen molar-refractivity contribution < 1.29 is 19.0 Å². The van der Waals surface area contributed by atoms with Gasteiger partial charge in [-0.25, -0.2) is 4.79 Å². The molecule has 7 nitrogen and oxygen atoms in total. The Morgan fingerprint density at radius 2 is 1.81 bits per heavy atom. The smallest absolute Gasteiger partial charge is 0.452 e. The van der Waals surface area contributed by atoms with E-state index in [0.29, 0.717) is 5.76 Å². The highest BCUT2D eigenvalue weighted by Crippen LogP contribution is 2.32. The van der Waals surface area contributed by atoms with Crippen molar-refractivity contribution in [3.05, 3.63) is 52.3 Å². The summed E-state index contributed by atoms with van der Waals surface area (Å²) in [6, 6.07) is 8.32. The first-order valence-corrected chi connectivity index (χ1v) is 10.8. The third-order valence-corrected chi connectivity index (χ3v) is 5.11. The van der Waals surface area contributed by atoms with Gasteiger partial charge in [-0.15, -0.1) is 0 Å². The van der Waals surface area contributed by atoms with Gasteiger partial charge in [0, 0.05) is 38.4 Å². The highest BCUT2D eigenvalue weighted by molar-refractivity contribution is 6.18. The first-order chi connectivity index (χ1) is 15.0. The molecule has 0 aliphatic carbocycles. The number of ether oxygens (including phenoxy) is 3. The first-order valence-electron chi connectivity index (χ1n) is 10.8. The van der Waals surface area contributed by atoms with Crippen LogP contribution < -0.4 is 0 Å². The average molecular weight is 442 g/mol. The van der Waals surface area contributed by atoms with Crippen molar-refractivity contribution >= 4 is 23.7 Å². The normalized spacial score (nSPS) is 13.7. The van der Waals surface area contributed by atoms with E-state index in [1.165, 1.54) is 5.56 Å². The zero-order chi connectivity index (χ0) is 24.1. The zero-order valence-corrected chi connectivity index (χ0v) is 20.6. The number of aryl methyl sites for hydroxylation is 2. The van der Waals surface area contributed by atoms with Crippen molar-refractivity contribution in [1.82, 2.24) is 9.78 Å². The molecule has 0 amide bonds. The molecule has 0 aliphatic rings. The van der Waals surface area contributed by atoms with Crippen molar-refractivity contribution in [3.8, 4) is 0 Å². The predicted octanol–water partition coefficient (Wildman–Crippen LogP) is 5.44. The van der Waals surface area contributed by atoms with Crippen LogP contribution in [0, 0.1) is 13.8 Å². The largest absolute Gasteiger partial charge is 0.511 e. The molecule has 0 saturated heterocycles. The van der Waals surface area contributed by atoms with Gasteiger partial charge in [0.1, 0.15) is 5.69 Å². The number of rotatable bonds is 7. The summed E-state index contributed by atoms with van der Waals surface area (Å²) in [6.07, 6.45) is 0.0885. The first kappa shape index (κ1) is 25.2. The molecule has 2 rings (SSSR count). The van der Waals surface area contributed by atoms with E-state index in [1.54, 1.807) is 31.8 Å². The third kappa shape index (κ3) is 5.99. The zero-order valence-electron chi connectivity index (χ0n) is 20.6. The minimum Gasteiger partial charge on any atom is -0.452 e. The van der Waals surface area contributed by atoms with Crippen LogP contribution >= 0.6 is 0 Å². The fourth-order valence-corrected chi connectivity index (χ4v) is 3.35. The van der Waals surface area contributed by atoms with Gasteiger partial charge < -0.3 is 14.2 Å². The molecule has 1 aromatic carbocycles. The molecule has 0 aliphatic heterocycles. The van der Waals surface area contributed by atoms with Crippen LogP contribution in [0.4, 0.5) is 4.79 Å². The minimum absolute atomic E-state index is 0.0400. The van der Waals surface area contributed by atoms with Gasteiger partial charge in [0.15, 0.2) is 5.76 Å². The van der Waals surface area contributed by atoms with Crippen molar-refractivity contribution in [2.75, 3.05) is 13.7 Å². The number of hydrogen-bond acceptors (Lipinski definition) is 6. The lowest BCUT2D eigenvalue weighted by Gasteiger charge is -2.22. The maximum atomic E-state index is 11.8. The highest BCUT2D eigenvalue weighted by Gasteiger charge is 2.24. The molecular formula is C25H35N3O4. The molecule has 0 radical (unpaired) electrons. The van der Waals surface area contributed by atoms with E-state index in [9.17, 15) is 4.79 Å². The van der Waals surface area contributed by atoms with Crippen LogP contribution in [0.3, 0.4) is 0 Å². The van der Waals surface area contributed by atoms with Crippen LogP contribution in [0.5, 0.6) is 0 Å². The number of carbonyl (C=O) groups excluding carboxylic acids is 1. The summed E-state index contributed by atoms with van der Waals surface area (Å²) >= 11 is 0. The standard InChI is InChI=1S/C25H35N3O4/c1-10-30-24(29)32-18(4)31-23(22-16(2)17(3)27-28(22)9)21(15-26-8)19-11-13-20(14-12-19)25(5,6)7/h11-15,18H,10H2,1-9H3/b23-21-,26-15?. The number of hydrogen-bond donors (Lipinski definition) is 0. The van der Waals surface area contributed by atoms with Gasteiger partial charge in [0.05, 0.1) is 12.3 Å². The molecule has 1 unspecified atom stereocenters. The average Bonchev–Trinajstić information content (AvgIpc) is 2.96. The Morgan fingerprint density at radius 3 is 2.28 bits per heavy atom. The van der Waals surface area contributed by atoms with Crippen molar-refractivity contribution in [1.29, 1.82) is 0 Å². The molecule has 2 aromatic rings. The fraction of sp³-hybridized carbons (Fsp3) is 0.480. The quantitative estimate of drug-likeness (QED) is 0.248.